The monoisotopic (exact) mass is 584 g/mol. The molecule has 0 spiro atoms. The van der Waals surface area contributed by atoms with Gasteiger partial charge in [0.25, 0.3) is 5.91 Å². The highest BCUT2D eigenvalue weighted by Crippen LogP contribution is 2.40. The van der Waals surface area contributed by atoms with E-state index >= 15 is 0 Å². The summed E-state index contributed by atoms with van der Waals surface area (Å²) in [5.74, 6) is 5.88. The van der Waals surface area contributed by atoms with Crippen LogP contribution in [0.5, 0.6) is 5.75 Å². The van der Waals surface area contributed by atoms with E-state index in [0.717, 1.165) is 17.7 Å². The summed E-state index contributed by atoms with van der Waals surface area (Å²) < 4.78 is 19.9. The molecule has 2 amide bonds. The number of halogens is 1. The van der Waals surface area contributed by atoms with Crippen LogP contribution >= 0.6 is 0 Å². The van der Waals surface area contributed by atoms with Gasteiger partial charge >= 0.3 is 0 Å². The molecule has 0 saturated carbocycles. The molecule has 0 radical (unpaired) electrons. The average Bonchev–Trinajstić information content (AvgIpc) is 3.49. The second-order valence-corrected chi connectivity index (χ2v) is 11.9. The number of para-hydroxylation sites is 1. The lowest BCUT2D eigenvalue weighted by Crippen LogP contribution is -2.34. The number of nitrogens with one attached hydrogen (secondary N) is 3. The Balaban J connectivity index is 1.54. The number of benzene rings is 1. The minimum atomic E-state index is -0.520. The first kappa shape index (κ1) is 29.9. The maximum atomic E-state index is 14.6. The topological polar surface area (TPSA) is 103 Å². The Morgan fingerprint density at radius 3 is 2.91 bits per heavy atom. The van der Waals surface area contributed by atoms with Crippen LogP contribution in [0.2, 0.25) is 0 Å². The van der Waals surface area contributed by atoms with Gasteiger partial charge in [0.1, 0.15) is 0 Å². The van der Waals surface area contributed by atoms with Gasteiger partial charge in [-0.25, -0.2) is 4.39 Å². The van der Waals surface area contributed by atoms with Crippen molar-refractivity contribution in [1.82, 2.24) is 25.1 Å². The molecule has 0 bridgehead atoms. The number of nitrogens with zero attached hydrogens (tertiary/aromatic N) is 3. The number of hydrogen-bond acceptors (Lipinski definition) is 6. The minimum Gasteiger partial charge on any atom is -0.492 e. The van der Waals surface area contributed by atoms with Crippen molar-refractivity contribution in [3.8, 4) is 28.8 Å². The molecule has 5 rings (SSSR count). The lowest BCUT2D eigenvalue weighted by atomic mass is 9.91. The third-order valence-corrected chi connectivity index (χ3v) is 7.59. The lowest BCUT2D eigenvalue weighted by Gasteiger charge is -2.20. The summed E-state index contributed by atoms with van der Waals surface area (Å²) in [5, 5.41) is 6.16. The third-order valence-electron chi connectivity index (χ3n) is 7.59. The Morgan fingerprint density at radius 2 is 2.14 bits per heavy atom. The van der Waals surface area contributed by atoms with Crippen molar-refractivity contribution in [3.63, 3.8) is 0 Å². The summed E-state index contributed by atoms with van der Waals surface area (Å²) in [4.78, 5) is 37.8. The first-order valence-electron chi connectivity index (χ1n) is 14.3. The number of aromatic amines is 1. The van der Waals surface area contributed by atoms with E-state index in [-0.39, 0.29) is 29.0 Å². The van der Waals surface area contributed by atoms with Crippen LogP contribution in [0, 0.1) is 23.1 Å². The molecule has 2 aliphatic rings. The van der Waals surface area contributed by atoms with Crippen LogP contribution in [0.15, 0.2) is 48.8 Å². The second kappa shape index (κ2) is 12.3. The zero-order chi connectivity index (χ0) is 30.7. The van der Waals surface area contributed by atoms with Crippen molar-refractivity contribution >= 4 is 23.2 Å². The Bertz CT molecular complexity index is 1630. The van der Waals surface area contributed by atoms with E-state index < -0.39 is 5.82 Å². The van der Waals surface area contributed by atoms with Crippen LogP contribution in [-0.4, -0.2) is 78.5 Å². The van der Waals surface area contributed by atoms with Gasteiger partial charge in [0.05, 0.1) is 41.3 Å². The predicted molar refractivity (Wildman–Crippen MR) is 165 cm³/mol. The number of hydrogen-bond donors (Lipinski definition) is 3. The number of likely N-dealkylation sites (tertiary alicyclic amines) is 1. The number of carbonyl (C=O) groups is 2. The van der Waals surface area contributed by atoms with Gasteiger partial charge in [0.15, 0.2) is 11.6 Å². The fourth-order valence-electron chi connectivity index (χ4n) is 5.62. The fourth-order valence-corrected chi connectivity index (χ4v) is 5.62. The maximum absolute atomic E-state index is 14.6. The molecular formula is C33H37FN6O3. The first-order valence-corrected chi connectivity index (χ1v) is 14.3. The molecule has 9 nitrogen and oxygen atoms in total. The highest BCUT2D eigenvalue weighted by atomic mass is 19.1. The number of anilines is 2. The van der Waals surface area contributed by atoms with Crippen LogP contribution in [0.1, 0.15) is 41.9 Å². The van der Waals surface area contributed by atoms with E-state index in [9.17, 15) is 14.0 Å². The van der Waals surface area contributed by atoms with Gasteiger partial charge in [-0.3, -0.25) is 14.6 Å². The van der Waals surface area contributed by atoms with Crippen molar-refractivity contribution in [2.24, 2.45) is 5.41 Å². The molecule has 0 aliphatic carbocycles. The van der Waals surface area contributed by atoms with Crippen LogP contribution in [0.25, 0.3) is 11.3 Å². The Labute approximate surface area is 251 Å². The van der Waals surface area contributed by atoms with E-state index in [4.69, 9.17) is 4.74 Å². The number of methoxy groups -OCH3 is 1. The highest BCUT2D eigenvalue weighted by Gasteiger charge is 2.38. The number of amides is 2. The number of fused-ring (bicyclic) bond motifs is 1. The van der Waals surface area contributed by atoms with E-state index in [0.29, 0.717) is 54.3 Å². The summed E-state index contributed by atoms with van der Waals surface area (Å²) in [5.41, 5.74) is 4.03. The number of ether oxygens (including phenoxy) is 1. The number of carbonyl (C=O) groups excluding carboxylic acids is 2. The number of pyridine rings is 1. The zero-order valence-electron chi connectivity index (χ0n) is 25.2. The van der Waals surface area contributed by atoms with Crippen molar-refractivity contribution in [2.75, 3.05) is 46.2 Å². The smallest absolute Gasteiger partial charge is 0.255 e. The van der Waals surface area contributed by atoms with E-state index in [1.165, 1.54) is 13.2 Å². The number of likely N-dealkylation sites (N-methyl/N-ethyl adjacent to an activating group) is 1. The molecule has 3 aromatic rings. The minimum absolute atomic E-state index is 0.0441. The molecule has 2 aromatic heterocycles. The Morgan fingerprint density at radius 1 is 1.33 bits per heavy atom. The van der Waals surface area contributed by atoms with Gasteiger partial charge in [-0.15, -0.1) is 0 Å². The highest BCUT2D eigenvalue weighted by molar-refractivity contribution is 6.06. The van der Waals surface area contributed by atoms with Crippen LogP contribution < -0.4 is 15.4 Å². The second-order valence-electron chi connectivity index (χ2n) is 11.9. The van der Waals surface area contributed by atoms with Gasteiger partial charge in [-0.1, -0.05) is 37.8 Å². The van der Waals surface area contributed by atoms with Crippen molar-refractivity contribution < 1.29 is 18.7 Å². The van der Waals surface area contributed by atoms with E-state index in [1.54, 1.807) is 30.6 Å². The van der Waals surface area contributed by atoms with Gasteiger partial charge in [0.2, 0.25) is 5.91 Å². The molecular weight excluding hydrogens is 547 g/mol. The largest absolute Gasteiger partial charge is 0.492 e. The van der Waals surface area contributed by atoms with Gasteiger partial charge < -0.3 is 30.2 Å². The van der Waals surface area contributed by atoms with Crippen LogP contribution in [0.4, 0.5) is 15.8 Å². The molecule has 3 N–H and O–H groups in total. The van der Waals surface area contributed by atoms with E-state index in [1.807, 2.05) is 36.0 Å². The zero-order valence-corrected chi connectivity index (χ0v) is 25.2. The average molecular weight is 585 g/mol. The molecule has 1 saturated heterocycles. The molecule has 1 fully saturated rings. The third kappa shape index (κ3) is 6.42. The van der Waals surface area contributed by atoms with Gasteiger partial charge in [0, 0.05) is 55.8 Å². The summed E-state index contributed by atoms with van der Waals surface area (Å²) in [6, 6.07) is 6.15. The van der Waals surface area contributed by atoms with Gasteiger partial charge in [-0.2, -0.15) is 0 Å². The standard InChI is InChI=1S/C33H37FN6O3/c1-33(2)18-22(40(20-33)27(41)10-7-17-39(3)4)12-11-21-19-35-15-13-23(21)29-30(28-25(37-29)14-16-36-32(28)42)38-26-9-6-8-24(34)31(26)43-5/h6-10,13,15,19,22,37-38H,14,16-18,20H2,1-5H3,(H,36,42)/b10-7+/t22-/m0/s1. The van der Waals surface area contributed by atoms with E-state index in [2.05, 4.69) is 46.3 Å². The summed E-state index contributed by atoms with van der Waals surface area (Å²) in [6.07, 6.45) is 8.18. The molecule has 1 aromatic carbocycles. The normalized spacial score (nSPS) is 17.4. The summed E-state index contributed by atoms with van der Waals surface area (Å²) in [7, 11) is 5.31. The van der Waals surface area contributed by atoms with Crippen molar-refractivity contribution in [3.05, 3.63) is 71.4 Å². The fraction of sp³-hybridized carbons (Fsp3) is 0.364. The number of H-pyrrole nitrogens is 1. The van der Waals surface area contributed by atoms with Crippen molar-refractivity contribution in [1.29, 1.82) is 0 Å². The van der Waals surface area contributed by atoms with Gasteiger partial charge in [-0.05, 0) is 44.1 Å². The number of aromatic nitrogens is 2. The summed E-state index contributed by atoms with van der Waals surface area (Å²) in [6.45, 7) is 6.07. The molecule has 2 aliphatic heterocycles. The molecule has 43 heavy (non-hydrogen) atoms. The molecule has 10 heteroatoms. The lowest BCUT2D eigenvalue weighted by molar-refractivity contribution is -0.126. The first-order chi connectivity index (χ1) is 20.6. The predicted octanol–water partition coefficient (Wildman–Crippen LogP) is 4.35. The number of rotatable bonds is 7. The SMILES string of the molecule is COc1c(F)cccc1Nc1c(-c2ccncc2C#C[C@H]2CC(C)(C)CN2C(=O)/C=C/CN(C)C)[nH]c2c1C(=O)NCC2. The quantitative estimate of drug-likeness (QED) is 0.282. The molecule has 0 unspecified atom stereocenters. The molecule has 224 valence electrons. The maximum Gasteiger partial charge on any atom is 0.255 e. The van der Waals surface area contributed by atoms with Crippen molar-refractivity contribution in [2.45, 2.75) is 32.7 Å². The summed E-state index contributed by atoms with van der Waals surface area (Å²) >= 11 is 0. The molecule has 4 heterocycles. The van der Waals surface area contributed by atoms with Crippen LogP contribution in [-0.2, 0) is 11.2 Å². The Kier molecular flexibility index (Phi) is 8.55. The molecule has 1 atom stereocenters. The van der Waals surface area contributed by atoms with Crippen LogP contribution in [0.3, 0.4) is 0 Å². The Hall–Kier alpha value is -4.62.